The number of anilines is 1. The van der Waals surface area contributed by atoms with E-state index in [1.807, 2.05) is 12.1 Å². The van der Waals surface area contributed by atoms with Crippen molar-refractivity contribution in [3.63, 3.8) is 0 Å². The van der Waals surface area contributed by atoms with Crippen LogP contribution in [-0.2, 0) is 13.0 Å². The van der Waals surface area contributed by atoms with Crippen LogP contribution in [0.25, 0.3) is 10.9 Å². The number of rotatable bonds is 8. The molecule has 2 aromatic carbocycles. The van der Waals surface area contributed by atoms with Gasteiger partial charge in [0.1, 0.15) is 22.8 Å². The molecule has 5 nitrogen and oxygen atoms in total. The van der Waals surface area contributed by atoms with Crippen LogP contribution in [0.4, 0.5) is 5.82 Å². The van der Waals surface area contributed by atoms with Gasteiger partial charge < -0.3 is 19.7 Å². The zero-order chi connectivity index (χ0) is 20.1. The third-order valence-corrected chi connectivity index (χ3v) is 5.56. The van der Waals surface area contributed by atoms with E-state index in [4.69, 9.17) is 14.5 Å². The summed E-state index contributed by atoms with van der Waals surface area (Å²) in [5.41, 5.74) is 3.42. The fraction of sp³-hybridized carbons (Fsp3) is 0.375. The third-order valence-electron chi connectivity index (χ3n) is 5.56. The van der Waals surface area contributed by atoms with E-state index in [0.29, 0.717) is 0 Å². The van der Waals surface area contributed by atoms with Crippen LogP contribution in [-0.4, -0.2) is 38.8 Å². The Labute approximate surface area is 172 Å². The van der Waals surface area contributed by atoms with Crippen LogP contribution in [0, 0.1) is 0 Å². The largest absolute Gasteiger partial charge is 0.496 e. The Balaban J connectivity index is 1.62. The normalized spacial score (nSPS) is 13.8. The second-order valence-electron chi connectivity index (χ2n) is 7.44. The summed E-state index contributed by atoms with van der Waals surface area (Å²) in [6, 6.07) is 16.7. The van der Waals surface area contributed by atoms with Gasteiger partial charge in [0.15, 0.2) is 0 Å². The van der Waals surface area contributed by atoms with Crippen molar-refractivity contribution in [3.8, 4) is 11.5 Å². The van der Waals surface area contributed by atoms with E-state index in [1.165, 1.54) is 24.0 Å². The number of hydrogen-bond donors (Lipinski definition) is 1. The predicted octanol–water partition coefficient (Wildman–Crippen LogP) is 4.18. The highest BCUT2D eigenvalue weighted by Gasteiger charge is 2.20. The molecule has 152 valence electrons. The highest BCUT2D eigenvalue weighted by atomic mass is 16.5. The summed E-state index contributed by atoms with van der Waals surface area (Å²) < 4.78 is 11.2. The van der Waals surface area contributed by atoms with Crippen LogP contribution in [0.15, 0.2) is 48.5 Å². The van der Waals surface area contributed by atoms with Gasteiger partial charge in [-0.25, -0.2) is 4.98 Å². The molecule has 0 amide bonds. The number of ether oxygens (including phenoxy) is 2. The Kier molecular flexibility index (Phi) is 6.15. The van der Waals surface area contributed by atoms with Crippen LogP contribution in [0.2, 0.25) is 0 Å². The number of pyridine rings is 1. The van der Waals surface area contributed by atoms with Gasteiger partial charge >= 0.3 is 0 Å². The molecule has 1 aliphatic rings. The molecule has 1 N–H and O–H groups in total. The van der Waals surface area contributed by atoms with E-state index in [0.717, 1.165) is 60.8 Å². The number of nitrogens with zero attached hydrogens (tertiary/aromatic N) is 2. The average molecular weight is 392 g/mol. The molecular formula is C24H29N3O2. The van der Waals surface area contributed by atoms with Gasteiger partial charge in [0.2, 0.25) is 0 Å². The molecule has 2 heterocycles. The first-order chi connectivity index (χ1) is 14.3. The standard InChI is InChI=1S/C24H29N3O2/c1-28-21-10-11-22(29-2)23-20(21)16-19(24(26-23)27-14-6-7-15-27)17-25-13-12-18-8-4-3-5-9-18/h3-5,8-11,16,25H,6-7,12-15,17H2,1-2H3. The summed E-state index contributed by atoms with van der Waals surface area (Å²) in [5, 5.41) is 4.60. The molecule has 0 atom stereocenters. The van der Waals surface area contributed by atoms with Crippen molar-refractivity contribution < 1.29 is 9.47 Å². The number of methoxy groups -OCH3 is 2. The Morgan fingerprint density at radius 1 is 0.966 bits per heavy atom. The van der Waals surface area contributed by atoms with E-state index in [2.05, 4.69) is 46.6 Å². The van der Waals surface area contributed by atoms with Crippen LogP contribution < -0.4 is 19.7 Å². The van der Waals surface area contributed by atoms with E-state index < -0.39 is 0 Å². The van der Waals surface area contributed by atoms with Gasteiger partial charge in [-0.1, -0.05) is 30.3 Å². The fourth-order valence-corrected chi connectivity index (χ4v) is 4.02. The maximum Gasteiger partial charge on any atom is 0.145 e. The van der Waals surface area contributed by atoms with Gasteiger partial charge in [0, 0.05) is 30.6 Å². The number of benzene rings is 2. The number of fused-ring (bicyclic) bond motifs is 1. The summed E-state index contributed by atoms with van der Waals surface area (Å²) in [4.78, 5) is 7.45. The Morgan fingerprint density at radius 2 is 1.69 bits per heavy atom. The molecule has 0 radical (unpaired) electrons. The molecule has 1 aromatic heterocycles. The first-order valence-electron chi connectivity index (χ1n) is 10.3. The van der Waals surface area contributed by atoms with Crippen molar-refractivity contribution in [2.24, 2.45) is 0 Å². The topological polar surface area (TPSA) is 46.6 Å². The SMILES string of the molecule is COc1ccc(OC)c2nc(N3CCCC3)c(CNCCc3ccccc3)cc12. The molecule has 0 bridgehead atoms. The minimum atomic E-state index is 0.780. The number of aromatic nitrogens is 1. The molecular weight excluding hydrogens is 362 g/mol. The molecule has 29 heavy (non-hydrogen) atoms. The van der Waals surface area contributed by atoms with Crippen molar-refractivity contribution in [1.82, 2.24) is 10.3 Å². The summed E-state index contributed by atoms with van der Waals surface area (Å²) in [5.74, 6) is 2.67. The van der Waals surface area contributed by atoms with Crippen molar-refractivity contribution in [2.75, 3.05) is 38.8 Å². The van der Waals surface area contributed by atoms with E-state index in [-0.39, 0.29) is 0 Å². The highest BCUT2D eigenvalue weighted by molar-refractivity contribution is 5.92. The Bertz CT molecular complexity index is 953. The van der Waals surface area contributed by atoms with Crippen molar-refractivity contribution in [3.05, 3.63) is 59.7 Å². The maximum absolute atomic E-state index is 5.60. The number of nitrogens with one attached hydrogen (secondary N) is 1. The van der Waals surface area contributed by atoms with Crippen molar-refractivity contribution in [2.45, 2.75) is 25.8 Å². The molecule has 5 heteroatoms. The molecule has 4 rings (SSSR count). The summed E-state index contributed by atoms with van der Waals surface area (Å²) in [7, 11) is 3.39. The smallest absolute Gasteiger partial charge is 0.145 e. The minimum absolute atomic E-state index is 0.780. The van der Waals surface area contributed by atoms with Gasteiger partial charge in [0.05, 0.1) is 14.2 Å². The molecule has 0 aliphatic carbocycles. The zero-order valence-electron chi connectivity index (χ0n) is 17.3. The van der Waals surface area contributed by atoms with Gasteiger partial charge in [0.25, 0.3) is 0 Å². The molecule has 3 aromatic rings. The quantitative estimate of drug-likeness (QED) is 0.584. The summed E-state index contributed by atoms with van der Waals surface area (Å²) >= 11 is 0. The van der Waals surface area contributed by atoms with Crippen LogP contribution in [0.5, 0.6) is 11.5 Å². The lowest BCUT2D eigenvalue weighted by Crippen LogP contribution is -2.24. The molecule has 0 saturated carbocycles. The maximum atomic E-state index is 5.60. The molecule has 0 spiro atoms. The van der Waals surface area contributed by atoms with E-state index >= 15 is 0 Å². The second-order valence-corrected chi connectivity index (χ2v) is 7.44. The van der Waals surface area contributed by atoms with Crippen LogP contribution in [0.1, 0.15) is 24.0 Å². The first kappa shape index (κ1) is 19.5. The van der Waals surface area contributed by atoms with Crippen molar-refractivity contribution >= 4 is 16.7 Å². The van der Waals surface area contributed by atoms with E-state index in [1.54, 1.807) is 14.2 Å². The number of hydrogen-bond acceptors (Lipinski definition) is 5. The summed E-state index contributed by atoms with van der Waals surface area (Å²) in [6.07, 6.45) is 3.45. The molecule has 1 fully saturated rings. The molecule has 1 saturated heterocycles. The lowest BCUT2D eigenvalue weighted by atomic mass is 10.1. The highest BCUT2D eigenvalue weighted by Crippen LogP contribution is 2.36. The fourth-order valence-electron chi connectivity index (χ4n) is 4.02. The van der Waals surface area contributed by atoms with Crippen molar-refractivity contribution in [1.29, 1.82) is 0 Å². The van der Waals surface area contributed by atoms with Gasteiger partial charge in [-0.3, -0.25) is 0 Å². The molecule has 1 aliphatic heterocycles. The second kappa shape index (κ2) is 9.14. The Morgan fingerprint density at radius 3 is 2.41 bits per heavy atom. The lowest BCUT2D eigenvalue weighted by molar-refractivity contribution is 0.409. The Hall–Kier alpha value is -2.79. The predicted molar refractivity (Wildman–Crippen MR) is 118 cm³/mol. The van der Waals surface area contributed by atoms with Crippen LogP contribution >= 0.6 is 0 Å². The zero-order valence-corrected chi connectivity index (χ0v) is 17.3. The molecule has 0 unspecified atom stereocenters. The van der Waals surface area contributed by atoms with Gasteiger partial charge in [-0.05, 0) is 49.6 Å². The van der Waals surface area contributed by atoms with Crippen LogP contribution in [0.3, 0.4) is 0 Å². The van der Waals surface area contributed by atoms with Gasteiger partial charge in [-0.15, -0.1) is 0 Å². The first-order valence-corrected chi connectivity index (χ1v) is 10.3. The van der Waals surface area contributed by atoms with E-state index in [9.17, 15) is 0 Å². The lowest BCUT2D eigenvalue weighted by Gasteiger charge is -2.22. The monoisotopic (exact) mass is 391 g/mol. The minimum Gasteiger partial charge on any atom is -0.496 e. The van der Waals surface area contributed by atoms with Gasteiger partial charge in [-0.2, -0.15) is 0 Å². The summed E-state index contributed by atoms with van der Waals surface area (Å²) in [6.45, 7) is 3.82. The average Bonchev–Trinajstić information content (AvgIpc) is 3.31. The third kappa shape index (κ3) is 4.30.